The van der Waals surface area contributed by atoms with Gasteiger partial charge >= 0.3 is 10.5 Å². The van der Waals surface area contributed by atoms with Crippen LogP contribution in [0, 0.1) is 0 Å². The third kappa shape index (κ3) is 4.82. The minimum atomic E-state index is -1.13. The van der Waals surface area contributed by atoms with Crippen molar-refractivity contribution in [3.8, 4) is 11.5 Å². The summed E-state index contributed by atoms with van der Waals surface area (Å²) in [7, 11) is 0. The molecule has 1 N–H and O–H groups in total. The van der Waals surface area contributed by atoms with Gasteiger partial charge in [0.15, 0.2) is 18.5 Å². The number of para-hydroxylation sites is 2. The van der Waals surface area contributed by atoms with Gasteiger partial charge in [-0.15, -0.1) is 0 Å². The number of rotatable bonds is 4. The number of aliphatic hydroxyl groups excluding tert-OH is 1. The number of hydrogen-bond donors (Lipinski definition) is 1. The first-order valence-corrected chi connectivity index (χ1v) is 9.74. The minimum Gasteiger partial charge on any atom is -0.447 e. The van der Waals surface area contributed by atoms with E-state index >= 15 is 0 Å². The summed E-state index contributed by atoms with van der Waals surface area (Å²) in [5.74, 6) is 1.04. The lowest BCUT2D eigenvalue weighted by atomic mass is 10.0. The number of benzene rings is 2. The number of fused-ring (bicyclic) bond motifs is 2. The maximum absolute atomic E-state index is 10.8. The van der Waals surface area contributed by atoms with E-state index in [0.717, 1.165) is 0 Å². The summed E-state index contributed by atoms with van der Waals surface area (Å²) in [4.78, 5) is 0. The van der Waals surface area contributed by atoms with E-state index in [1.807, 2.05) is 24.3 Å². The molecule has 2 heterocycles. The van der Waals surface area contributed by atoms with Crippen LogP contribution in [0.4, 0.5) is 0 Å². The minimum absolute atomic E-state index is 0.143. The lowest BCUT2D eigenvalue weighted by molar-refractivity contribution is -0.223. The molecule has 0 saturated carbocycles. The van der Waals surface area contributed by atoms with E-state index in [0.29, 0.717) is 11.5 Å². The van der Waals surface area contributed by atoms with Gasteiger partial charge in [-0.05, 0) is 24.3 Å². The van der Waals surface area contributed by atoms with E-state index in [-0.39, 0.29) is 17.1 Å². The summed E-state index contributed by atoms with van der Waals surface area (Å²) in [6.45, 7) is 0.215. The van der Waals surface area contributed by atoms with Gasteiger partial charge < -0.3 is 33.5 Å². The van der Waals surface area contributed by atoms with Crippen LogP contribution in [0.2, 0.25) is 0 Å². The molecule has 2 bridgehead atoms. The Balaban J connectivity index is 1.39. The fourth-order valence-corrected chi connectivity index (χ4v) is 3.48. The molecule has 2 saturated heterocycles. The molecular weight excluding hydrogens is 416 g/mol. The second-order valence-electron chi connectivity index (χ2n) is 6.36. The molecule has 9 heteroatoms. The van der Waals surface area contributed by atoms with Crippen molar-refractivity contribution >= 4 is 34.9 Å². The summed E-state index contributed by atoms with van der Waals surface area (Å²) in [6, 6.07) is 17.9. The molecule has 2 aliphatic rings. The molecule has 0 spiro atoms. The molecule has 0 amide bonds. The highest BCUT2D eigenvalue weighted by molar-refractivity contribution is 7.80. The zero-order valence-electron chi connectivity index (χ0n) is 15.1. The Morgan fingerprint density at radius 2 is 1.34 bits per heavy atom. The molecule has 0 radical (unpaired) electrons. The molecular formula is C20H18O7S2. The fraction of sp³-hybridized carbons (Fsp3) is 0.300. The highest BCUT2D eigenvalue weighted by Crippen LogP contribution is 2.32. The van der Waals surface area contributed by atoms with E-state index in [1.54, 1.807) is 36.4 Å². The average molecular weight is 434 g/mol. The van der Waals surface area contributed by atoms with Gasteiger partial charge in [0.2, 0.25) is 0 Å². The van der Waals surface area contributed by atoms with Crippen LogP contribution in [0.3, 0.4) is 0 Å². The van der Waals surface area contributed by atoms with Gasteiger partial charge in [-0.2, -0.15) is 0 Å². The predicted molar refractivity (Wildman–Crippen MR) is 110 cm³/mol. The molecule has 0 unspecified atom stereocenters. The zero-order chi connectivity index (χ0) is 20.2. The summed E-state index contributed by atoms with van der Waals surface area (Å²) in [5, 5.41) is 10.5. The SMILES string of the molecule is O[C@@H]1[C@@H](OC(=S)Oc2ccccc2)[C@@H]2OC[C@@H](O2)[C@H]1OC(=S)Oc1ccccc1. The second kappa shape index (κ2) is 9.02. The molecule has 2 aromatic carbocycles. The van der Waals surface area contributed by atoms with Gasteiger partial charge in [0.1, 0.15) is 23.7 Å². The van der Waals surface area contributed by atoms with Crippen molar-refractivity contribution in [1.82, 2.24) is 0 Å². The number of thiocarbonyl (C=S) groups is 2. The molecule has 7 nitrogen and oxygen atoms in total. The largest absolute Gasteiger partial charge is 0.447 e. The van der Waals surface area contributed by atoms with Gasteiger partial charge in [0.25, 0.3) is 0 Å². The quantitative estimate of drug-likeness (QED) is 0.731. The summed E-state index contributed by atoms with van der Waals surface area (Å²) >= 11 is 10.3. The summed E-state index contributed by atoms with van der Waals surface area (Å²) < 4.78 is 33.5. The van der Waals surface area contributed by atoms with Crippen LogP contribution in [0.5, 0.6) is 11.5 Å². The third-order valence-corrected chi connectivity index (χ3v) is 4.75. The van der Waals surface area contributed by atoms with Crippen LogP contribution >= 0.6 is 24.4 Å². The maximum atomic E-state index is 10.8. The number of aliphatic hydroxyl groups is 1. The fourth-order valence-electron chi connectivity index (χ4n) is 3.06. The van der Waals surface area contributed by atoms with E-state index in [1.165, 1.54) is 0 Å². The van der Waals surface area contributed by atoms with Crippen molar-refractivity contribution in [1.29, 1.82) is 0 Å². The Bertz CT molecular complexity index is 779. The van der Waals surface area contributed by atoms with Crippen LogP contribution in [0.1, 0.15) is 0 Å². The standard InChI is InChI=1S/C20H18O7S2/c21-15-16(26-19(28)23-12-7-3-1-4-8-12)14-11-22-18(25-14)17(15)27-20(29)24-13-9-5-2-6-10-13/h1-10,14-18,21H,11H2/t14-,15+,16-,17-,18-/m1/s1. The van der Waals surface area contributed by atoms with Crippen LogP contribution < -0.4 is 9.47 Å². The maximum Gasteiger partial charge on any atom is 0.358 e. The van der Waals surface area contributed by atoms with Crippen molar-refractivity contribution in [3.63, 3.8) is 0 Å². The zero-order valence-corrected chi connectivity index (χ0v) is 16.7. The van der Waals surface area contributed by atoms with Crippen molar-refractivity contribution < 1.29 is 33.5 Å². The van der Waals surface area contributed by atoms with Crippen molar-refractivity contribution in [2.75, 3.05) is 6.61 Å². The highest BCUT2D eigenvalue weighted by Gasteiger charge is 2.53. The smallest absolute Gasteiger partial charge is 0.358 e. The summed E-state index contributed by atoms with van der Waals surface area (Å²) in [6.07, 6.45) is -4.24. The van der Waals surface area contributed by atoms with Gasteiger partial charge in [0.05, 0.1) is 6.61 Å². The molecule has 0 aliphatic carbocycles. The molecule has 5 atom stereocenters. The molecule has 2 fully saturated rings. The Hall–Kier alpha value is -2.30. The van der Waals surface area contributed by atoms with E-state index < -0.39 is 30.7 Å². The Labute approximate surface area is 178 Å². The molecule has 152 valence electrons. The second-order valence-corrected chi connectivity index (χ2v) is 7.03. The van der Waals surface area contributed by atoms with E-state index in [9.17, 15) is 5.11 Å². The molecule has 4 rings (SSSR count). The normalized spacial score (nSPS) is 27.7. The van der Waals surface area contributed by atoms with Crippen LogP contribution in [-0.2, 0) is 18.9 Å². The van der Waals surface area contributed by atoms with E-state index in [4.69, 9.17) is 52.9 Å². The number of hydrogen-bond acceptors (Lipinski definition) is 9. The molecule has 29 heavy (non-hydrogen) atoms. The van der Waals surface area contributed by atoms with Gasteiger partial charge in [-0.25, -0.2) is 0 Å². The van der Waals surface area contributed by atoms with Gasteiger partial charge in [-0.1, -0.05) is 36.4 Å². The molecule has 2 aromatic rings. The van der Waals surface area contributed by atoms with Crippen molar-refractivity contribution in [2.24, 2.45) is 0 Å². The Morgan fingerprint density at radius 3 is 1.90 bits per heavy atom. The monoisotopic (exact) mass is 434 g/mol. The van der Waals surface area contributed by atoms with Crippen LogP contribution in [0.15, 0.2) is 60.7 Å². The first kappa shape index (κ1) is 20.0. The topological polar surface area (TPSA) is 75.6 Å². The first-order chi connectivity index (χ1) is 14.1. The molecule has 2 aliphatic heterocycles. The third-order valence-electron chi connectivity index (χ3n) is 4.39. The summed E-state index contributed by atoms with van der Waals surface area (Å²) in [5.41, 5.74) is 0. The van der Waals surface area contributed by atoms with Crippen LogP contribution in [-0.4, -0.2) is 52.9 Å². The van der Waals surface area contributed by atoms with Gasteiger partial charge in [0, 0.05) is 24.4 Å². The van der Waals surface area contributed by atoms with Gasteiger partial charge in [-0.3, -0.25) is 0 Å². The number of ether oxygens (including phenoxy) is 6. The highest BCUT2D eigenvalue weighted by atomic mass is 32.1. The molecule has 0 aromatic heterocycles. The van der Waals surface area contributed by atoms with Crippen molar-refractivity contribution in [2.45, 2.75) is 30.7 Å². The first-order valence-electron chi connectivity index (χ1n) is 8.92. The Morgan fingerprint density at radius 1 is 0.828 bits per heavy atom. The van der Waals surface area contributed by atoms with E-state index in [2.05, 4.69) is 0 Å². The average Bonchev–Trinajstić information content (AvgIpc) is 3.16. The van der Waals surface area contributed by atoms with Crippen molar-refractivity contribution in [3.05, 3.63) is 60.7 Å². The lowest BCUT2D eigenvalue weighted by Gasteiger charge is -2.37. The Kier molecular flexibility index (Phi) is 6.22. The predicted octanol–water partition coefficient (Wildman–Crippen LogP) is 2.60. The lowest BCUT2D eigenvalue weighted by Crippen LogP contribution is -2.57. The van der Waals surface area contributed by atoms with Crippen LogP contribution in [0.25, 0.3) is 0 Å².